The number of carbonyl (C=O) groups is 3. The molecule has 0 aromatic heterocycles. The smallest absolute Gasteiger partial charge is 0.332 e. The van der Waals surface area contributed by atoms with Crippen LogP contribution in [0.25, 0.3) is 0 Å². The highest BCUT2D eigenvalue weighted by Gasteiger charge is 2.35. The van der Waals surface area contributed by atoms with Gasteiger partial charge in [0.25, 0.3) is 0 Å². The number of carbonyl (C=O) groups excluding carboxylic acids is 2. The van der Waals surface area contributed by atoms with Crippen molar-refractivity contribution in [1.29, 1.82) is 0 Å². The van der Waals surface area contributed by atoms with Crippen molar-refractivity contribution in [2.45, 2.75) is 37.8 Å². The third-order valence-electron chi connectivity index (χ3n) is 4.09. The number of likely N-dealkylation sites (tertiary alicyclic amines) is 1. The Labute approximate surface area is 122 Å². The van der Waals surface area contributed by atoms with Gasteiger partial charge in [0.2, 0.25) is 5.91 Å². The molecular formula is C13H21N3O5. The predicted octanol–water partition coefficient (Wildman–Crippen LogP) is -0.868. The van der Waals surface area contributed by atoms with Crippen molar-refractivity contribution in [3.05, 3.63) is 0 Å². The molecule has 2 fully saturated rings. The van der Waals surface area contributed by atoms with E-state index in [-0.39, 0.29) is 36.9 Å². The van der Waals surface area contributed by atoms with E-state index in [0.29, 0.717) is 19.5 Å². The number of urea groups is 1. The van der Waals surface area contributed by atoms with Crippen molar-refractivity contribution in [2.24, 2.45) is 5.92 Å². The molecule has 2 aliphatic rings. The Bertz CT molecular complexity index is 428. The van der Waals surface area contributed by atoms with Gasteiger partial charge in [-0.15, -0.1) is 0 Å². The molecule has 0 bridgehead atoms. The van der Waals surface area contributed by atoms with E-state index in [0.717, 1.165) is 12.8 Å². The molecule has 3 amide bonds. The van der Waals surface area contributed by atoms with Crippen LogP contribution < -0.4 is 10.6 Å². The Hall–Kier alpha value is -1.83. The van der Waals surface area contributed by atoms with Crippen LogP contribution in [0.2, 0.25) is 0 Å². The molecule has 0 aromatic carbocycles. The lowest BCUT2D eigenvalue weighted by molar-refractivity contribution is -0.146. The van der Waals surface area contributed by atoms with Crippen LogP contribution >= 0.6 is 0 Å². The van der Waals surface area contributed by atoms with E-state index in [1.807, 2.05) is 0 Å². The second-order valence-corrected chi connectivity index (χ2v) is 5.58. The number of nitrogens with one attached hydrogen (secondary N) is 2. The molecule has 0 aromatic rings. The summed E-state index contributed by atoms with van der Waals surface area (Å²) >= 11 is 0. The van der Waals surface area contributed by atoms with E-state index in [2.05, 4.69) is 10.6 Å². The zero-order valence-corrected chi connectivity index (χ0v) is 11.7. The maximum absolute atomic E-state index is 12.0. The summed E-state index contributed by atoms with van der Waals surface area (Å²) in [5.74, 6) is -0.924. The molecule has 21 heavy (non-hydrogen) atoms. The molecule has 3 atom stereocenters. The Kier molecular flexibility index (Phi) is 5.00. The molecule has 0 aliphatic carbocycles. The van der Waals surface area contributed by atoms with Gasteiger partial charge in [-0.1, -0.05) is 0 Å². The van der Waals surface area contributed by atoms with Crippen molar-refractivity contribution in [2.75, 3.05) is 19.6 Å². The van der Waals surface area contributed by atoms with E-state index >= 15 is 0 Å². The van der Waals surface area contributed by atoms with Crippen molar-refractivity contribution in [3.63, 3.8) is 0 Å². The lowest BCUT2D eigenvalue weighted by Crippen LogP contribution is -2.56. The summed E-state index contributed by atoms with van der Waals surface area (Å²) in [5, 5.41) is 23.2. The standard InChI is InChI=1S/C13H21N3O5/c17-10(12(19)20)3-5-14-13(21)16-6-4-9-8(7-16)1-2-11(18)15-9/h8-10,17H,1-7H2,(H,14,21)(H,15,18)(H,19,20). The molecule has 2 saturated heterocycles. The number of piperidine rings is 2. The first-order valence-electron chi connectivity index (χ1n) is 7.20. The third kappa shape index (κ3) is 4.07. The zero-order valence-electron chi connectivity index (χ0n) is 11.7. The average molecular weight is 299 g/mol. The maximum Gasteiger partial charge on any atom is 0.332 e. The van der Waals surface area contributed by atoms with Crippen LogP contribution in [0.5, 0.6) is 0 Å². The minimum atomic E-state index is -1.45. The summed E-state index contributed by atoms with van der Waals surface area (Å²) in [6, 6.07) is -0.0907. The fourth-order valence-corrected chi connectivity index (χ4v) is 2.85. The van der Waals surface area contributed by atoms with E-state index in [1.54, 1.807) is 4.90 Å². The maximum atomic E-state index is 12.0. The summed E-state index contributed by atoms with van der Waals surface area (Å²) in [6.07, 6.45) is 0.558. The van der Waals surface area contributed by atoms with Crippen molar-refractivity contribution >= 4 is 17.9 Å². The minimum Gasteiger partial charge on any atom is -0.479 e. The monoisotopic (exact) mass is 299 g/mol. The number of hydrogen-bond acceptors (Lipinski definition) is 4. The van der Waals surface area contributed by atoms with Gasteiger partial charge in [0.05, 0.1) is 0 Å². The second-order valence-electron chi connectivity index (χ2n) is 5.58. The molecule has 0 spiro atoms. The molecule has 2 aliphatic heterocycles. The van der Waals surface area contributed by atoms with Crippen molar-refractivity contribution in [1.82, 2.24) is 15.5 Å². The number of carboxylic acids is 1. The normalized spacial score (nSPS) is 26.5. The lowest BCUT2D eigenvalue weighted by Gasteiger charge is -2.41. The quantitative estimate of drug-likeness (QED) is 0.538. The molecule has 118 valence electrons. The van der Waals surface area contributed by atoms with Gasteiger partial charge < -0.3 is 25.7 Å². The average Bonchev–Trinajstić information content (AvgIpc) is 2.46. The molecule has 8 heteroatoms. The zero-order chi connectivity index (χ0) is 15.4. The number of aliphatic hydroxyl groups is 1. The second kappa shape index (κ2) is 6.75. The van der Waals surface area contributed by atoms with Gasteiger partial charge in [0, 0.05) is 38.5 Å². The van der Waals surface area contributed by atoms with E-state index in [4.69, 9.17) is 10.2 Å². The first-order valence-corrected chi connectivity index (χ1v) is 7.20. The molecule has 0 radical (unpaired) electrons. The Morgan fingerprint density at radius 1 is 1.43 bits per heavy atom. The summed E-state index contributed by atoms with van der Waals surface area (Å²) in [7, 11) is 0. The van der Waals surface area contributed by atoms with Crippen LogP contribution in [-0.4, -0.2) is 64.8 Å². The Morgan fingerprint density at radius 3 is 2.90 bits per heavy atom. The van der Waals surface area contributed by atoms with Gasteiger partial charge in [0.15, 0.2) is 6.10 Å². The van der Waals surface area contributed by atoms with Crippen LogP contribution in [-0.2, 0) is 9.59 Å². The van der Waals surface area contributed by atoms with Gasteiger partial charge >= 0.3 is 12.0 Å². The molecule has 2 rings (SSSR count). The number of amides is 3. The van der Waals surface area contributed by atoms with Crippen LogP contribution in [0.1, 0.15) is 25.7 Å². The van der Waals surface area contributed by atoms with Gasteiger partial charge in [-0.3, -0.25) is 4.79 Å². The highest BCUT2D eigenvalue weighted by molar-refractivity contribution is 5.78. The summed E-state index contributed by atoms with van der Waals surface area (Å²) < 4.78 is 0. The van der Waals surface area contributed by atoms with Crippen LogP contribution in [0.4, 0.5) is 4.79 Å². The number of carboxylic acid groups (broad SMARTS) is 1. The summed E-state index contributed by atoms with van der Waals surface area (Å²) in [6.45, 7) is 1.28. The predicted molar refractivity (Wildman–Crippen MR) is 72.5 cm³/mol. The first-order chi connectivity index (χ1) is 9.97. The van der Waals surface area contributed by atoms with E-state index in [1.165, 1.54) is 0 Å². The SMILES string of the molecule is O=C1CCC2CN(C(=O)NCCC(O)C(=O)O)CCC2N1. The molecule has 0 saturated carbocycles. The number of aliphatic hydroxyl groups excluding tert-OH is 1. The van der Waals surface area contributed by atoms with E-state index in [9.17, 15) is 14.4 Å². The van der Waals surface area contributed by atoms with E-state index < -0.39 is 12.1 Å². The minimum absolute atomic E-state index is 0.0168. The highest BCUT2D eigenvalue weighted by Crippen LogP contribution is 2.25. The van der Waals surface area contributed by atoms with Crippen molar-refractivity contribution < 1.29 is 24.6 Å². The molecule has 3 unspecified atom stereocenters. The van der Waals surface area contributed by atoms with Gasteiger partial charge in [-0.05, 0) is 18.8 Å². The molecule has 2 heterocycles. The van der Waals surface area contributed by atoms with Crippen LogP contribution in [0.3, 0.4) is 0 Å². The number of hydrogen-bond donors (Lipinski definition) is 4. The topological polar surface area (TPSA) is 119 Å². The van der Waals surface area contributed by atoms with Crippen LogP contribution in [0, 0.1) is 5.92 Å². The summed E-state index contributed by atoms with van der Waals surface area (Å²) in [5.41, 5.74) is 0. The Balaban J connectivity index is 1.74. The summed E-state index contributed by atoms with van der Waals surface area (Å²) in [4.78, 5) is 35.4. The first kappa shape index (κ1) is 15.6. The van der Waals surface area contributed by atoms with Gasteiger partial charge in [0.1, 0.15) is 0 Å². The third-order valence-corrected chi connectivity index (χ3v) is 4.09. The fraction of sp³-hybridized carbons (Fsp3) is 0.769. The molecule has 4 N–H and O–H groups in total. The molecule has 8 nitrogen and oxygen atoms in total. The number of aliphatic carboxylic acids is 1. The molecular weight excluding hydrogens is 278 g/mol. The van der Waals surface area contributed by atoms with Gasteiger partial charge in [-0.2, -0.15) is 0 Å². The largest absolute Gasteiger partial charge is 0.479 e. The number of rotatable bonds is 4. The van der Waals surface area contributed by atoms with Gasteiger partial charge in [-0.25, -0.2) is 9.59 Å². The number of fused-ring (bicyclic) bond motifs is 1. The highest BCUT2D eigenvalue weighted by atomic mass is 16.4. The Morgan fingerprint density at radius 2 is 2.19 bits per heavy atom. The fourth-order valence-electron chi connectivity index (χ4n) is 2.85. The van der Waals surface area contributed by atoms with Crippen molar-refractivity contribution in [3.8, 4) is 0 Å². The number of nitrogens with zero attached hydrogens (tertiary/aromatic N) is 1. The lowest BCUT2D eigenvalue weighted by atomic mass is 9.85. The van der Waals surface area contributed by atoms with Crippen LogP contribution in [0.15, 0.2) is 0 Å².